The van der Waals surface area contributed by atoms with E-state index in [1.165, 1.54) is 0 Å². The van der Waals surface area contributed by atoms with Gasteiger partial charge in [-0.15, -0.1) is 0 Å². The minimum atomic E-state index is -3.66. The molecule has 0 radical (unpaired) electrons. The SMILES string of the molecule is Cc1c(S(=O)(=O)c2ccccc2)c(N)n(Cc2ccccn2)c1C. The number of nitrogens with two attached hydrogens (primary N) is 1. The summed E-state index contributed by atoms with van der Waals surface area (Å²) in [5.41, 5.74) is 8.56. The molecular weight excluding hydrogens is 322 g/mol. The largest absolute Gasteiger partial charge is 0.384 e. The average molecular weight is 341 g/mol. The predicted molar refractivity (Wildman–Crippen MR) is 93.6 cm³/mol. The number of pyridine rings is 1. The van der Waals surface area contributed by atoms with Crippen molar-refractivity contribution in [1.82, 2.24) is 9.55 Å². The van der Waals surface area contributed by atoms with Gasteiger partial charge in [0.05, 0.1) is 17.1 Å². The van der Waals surface area contributed by atoms with Crippen molar-refractivity contribution in [1.29, 1.82) is 0 Å². The number of benzene rings is 1. The summed E-state index contributed by atoms with van der Waals surface area (Å²) in [6.45, 7) is 4.10. The average Bonchev–Trinajstić information content (AvgIpc) is 2.80. The number of nitrogen functional groups attached to an aromatic ring is 1. The van der Waals surface area contributed by atoms with Crippen LogP contribution in [0.1, 0.15) is 17.0 Å². The van der Waals surface area contributed by atoms with Gasteiger partial charge in [0.1, 0.15) is 10.7 Å². The van der Waals surface area contributed by atoms with E-state index >= 15 is 0 Å². The Kier molecular flexibility index (Phi) is 4.15. The lowest BCUT2D eigenvalue weighted by molar-refractivity contribution is 0.596. The fourth-order valence-electron chi connectivity index (χ4n) is 2.78. The minimum absolute atomic E-state index is 0.183. The quantitative estimate of drug-likeness (QED) is 0.791. The molecule has 6 heteroatoms. The van der Waals surface area contributed by atoms with Gasteiger partial charge < -0.3 is 10.3 Å². The van der Waals surface area contributed by atoms with Crippen LogP contribution < -0.4 is 5.73 Å². The first-order valence-corrected chi connectivity index (χ1v) is 9.06. The van der Waals surface area contributed by atoms with Crippen LogP contribution in [0.4, 0.5) is 5.82 Å². The Hall–Kier alpha value is -2.60. The maximum absolute atomic E-state index is 13.0. The van der Waals surface area contributed by atoms with E-state index in [1.807, 2.05) is 25.1 Å². The maximum atomic E-state index is 13.0. The molecule has 24 heavy (non-hydrogen) atoms. The van der Waals surface area contributed by atoms with Gasteiger partial charge in [-0.05, 0) is 43.7 Å². The molecule has 3 rings (SSSR count). The van der Waals surface area contributed by atoms with E-state index in [-0.39, 0.29) is 15.6 Å². The lowest BCUT2D eigenvalue weighted by Crippen LogP contribution is -2.10. The Morgan fingerprint density at radius 1 is 1.04 bits per heavy atom. The molecule has 0 fully saturated rings. The summed E-state index contributed by atoms with van der Waals surface area (Å²) >= 11 is 0. The van der Waals surface area contributed by atoms with E-state index in [9.17, 15) is 8.42 Å². The first-order valence-electron chi connectivity index (χ1n) is 7.58. The second kappa shape index (κ2) is 6.13. The van der Waals surface area contributed by atoms with E-state index in [2.05, 4.69) is 4.98 Å². The highest BCUT2D eigenvalue weighted by molar-refractivity contribution is 7.91. The second-order valence-corrected chi connectivity index (χ2v) is 7.54. The van der Waals surface area contributed by atoms with Crippen LogP contribution in [0.15, 0.2) is 64.5 Å². The van der Waals surface area contributed by atoms with Gasteiger partial charge in [-0.25, -0.2) is 8.42 Å². The molecule has 2 heterocycles. The van der Waals surface area contributed by atoms with Crippen LogP contribution >= 0.6 is 0 Å². The number of hydrogen-bond acceptors (Lipinski definition) is 4. The van der Waals surface area contributed by atoms with Crippen LogP contribution in [-0.4, -0.2) is 18.0 Å². The monoisotopic (exact) mass is 341 g/mol. The number of rotatable bonds is 4. The Morgan fingerprint density at radius 3 is 2.33 bits per heavy atom. The van der Waals surface area contributed by atoms with E-state index in [1.54, 1.807) is 48.0 Å². The Bertz CT molecular complexity index is 963. The standard InChI is InChI=1S/C18H19N3O2S/c1-13-14(2)21(12-15-8-6-7-11-20-15)18(19)17(13)24(22,23)16-9-4-3-5-10-16/h3-11H,12,19H2,1-2H3. The summed E-state index contributed by atoms with van der Waals surface area (Å²) in [6, 6.07) is 14.0. The maximum Gasteiger partial charge on any atom is 0.210 e. The molecule has 0 unspecified atom stereocenters. The second-order valence-electron chi connectivity index (χ2n) is 5.65. The van der Waals surface area contributed by atoms with Crippen LogP contribution in [0.3, 0.4) is 0 Å². The molecule has 124 valence electrons. The Labute approximate surface area is 141 Å². The lowest BCUT2D eigenvalue weighted by atomic mass is 10.3. The van der Waals surface area contributed by atoms with Gasteiger partial charge in [-0.3, -0.25) is 4.98 Å². The van der Waals surface area contributed by atoms with E-state index in [0.29, 0.717) is 12.1 Å². The number of sulfone groups is 1. The van der Waals surface area contributed by atoms with Crippen LogP contribution in [0, 0.1) is 13.8 Å². The third kappa shape index (κ3) is 2.69. The molecule has 0 atom stereocenters. The van der Waals surface area contributed by atoms with Gasteiger partial charge in [0.2, 0.25) is 9.84 Å². The molecule has 3 aromatic rings. The molecule has 0 aliphatic rings. The number of aromatic nitrogens is 2. The zero-order chi connectivity index (χ0) is 17.3. The molecule has 2 N–H and O–H groups in total. The first-order chi connectivity index (χ1) is 11.4. The Morgan fingerprint density at radius 2 is 1.71 bits per heavy atom. The summed E-state index contributed by atoms with van der Waals surface area (Å²) in [7, 11) is -3.66. The van der Waals surface area contributed by atoms with Crippen LogP contribution in [0.2, 0.25) is 0 Å². The van der Waals surface area contributed by atoms with Crippen molar-refractivity contribution in [2.75, 3.05) is 5.73 Å². The summed E-state index contributed by atoms with van der Waals surface area (Å²) in [5, 5.41) is 0. The van der Waals surface area contributed by atoms with Crippen LogP contribution in [0.25, 0.3) is 0 Å². The summed E-state index contributed by atoms with van der Waals surface area (Å²) in [4.78, 5) is 4.72. The summed E-state index contributed by atoms with van der Waals surface area (Å²) in [6.07, 6.45) is 1.71. The summed E-state index contributed by atoms with van der Waals surface area (Å²) in [5.74, 6) is 0.250. The zero-order valence-corrected chi connectivity index (χ0v) is 14.4. The molecule has 0 aliphatic carbocycles. The third-order valence-electron chi connectivity index (χ3n) is 4.18. The van der Waals surface area contributed by atoms with Crippen molar-refractivity contribution in [3.8, 4) is 0 Å². The van der Waals surface area contributed by atoms with E-state index in [0.717, 1.165) is 11.4 Å². The minimum Gasteiger partial charge on any atom is -0.384 e. The van der Waals surface area contributed by atoms with Crippen molar-refractivity contribution >= 4 is 15.7 Å². The normalized spacial score (nSPS) is 11.6. The smallest absolute Gasteiger partial charge is 0.210 e. The van der Waals surface area contributed by atoms with Crippen molar-refractivity contribution in [2.24, 2.45) is 0 Å². The number of hydrogen-bond donors (Lipinski definition) is 1. The van der Waals surface area contributed by atoms with Gasteiger partial charge in [-0.1, -0.05) is 24.3 Å². The topological polar surface area (TPSA) is 78.0 Å². The van der Waals surface area contributed by atoms with Gasteiger partial charge in [0, 0.05) is 11.9 Å². The van der Waals surface area contributed by atoms with E-state index in [4.69, 9.17) is 5.73 Å². The number of nitrogens with zero attached hydrogens (tertiary/aromatic N) is 2. The van der Waals surface area contributed by atoms with Crippen LogP contribution in [0.5, 0.6) is 0 Å². The van der Waals surface area contributed by atoms with Gasteiger partial charge >= 0.3 is 0 Å². The number of anilines is 1. The zero-order valence-electron chi connectivity index (χ0n) is 13.6. The molecule has 5 nitrogen and oxygen atoms in total. The molecule has 1 aromatic carbocycles. The van der Waals surface area contributed by atoms with Crippen molar-refractivity contribution in [3.63, 3.8) is 0 Å². The molecule has 0 amide bonds. The molecule has 0 bridgehead atoms. The molecule has 0 aliphatic heterocycles. The fraction of sp³-hybridized carbons (Fsp3) is 0.167. The first kappa shape index (κ1) is 16.3. The summed E-state index contributed by atoms with van der Waals surface area (Å²) < 4.78 is 27.8. The van der Waals surface area contributed by atoms with Crippen molar-refractivity contribution in [2.45, 2.75) is 30.2 Å². The molecule has 2 aromatic heterocycles. The van der Waals surface area contributed by atoms with Gasteiger partial charge in [-0.2, -0.15) is 0 Å². The van der Waals surface area contributed by atoms with Gasteiger partial charge in [0.15, 0.2) is 0 Å². The van der Waals surface area contributed by atoms with Crippen LogP contribution in [-0.2, 0) is 16.4 Å². The molecule has 0 saturated carbocycles. The highest BCUT2D eigenvalue weighted by Gasteiger charge is 2.28. The van der Waals surface area contributed by atoms with Gasteiger partial charge in [0.25, 0.3) is 0 Å². The Balaban J connectivity index is 2.13. The predicted octanol–water partition coefficient (Wildman–Crippen LogP) is 2.96. The highest BCUT2D eigenvalue weighted by atomic mass is 32.2. The highest BCUT2D eigenvalue weighted by Crippen LogP contribution is 2.33. The van der Waals surface area contributed by atoms with Crippen molar-refractivity contribution < 1.29 is 8.42 Å². The molecular formula is C18H19N3O2S. The van der Waals surface area contributed by atoms with E-state index < -0.39 is 9.84 Å². The third-order valence-corrected chi connectivity index (χ3v) is 6.13. The molecule has 0 spiro atoms. The molecule has 0 saturated heterocycles. The fourth-order valence-corrected chi connectivity index (χ4v) is 4.46. The van der Waals surface area contributed by atoms with Crippen molar-refractivity contribution in [3.05, 3.63) is 71.7 Å². The lowest BCUT2D eigenvalue weighted by Gasteiger charge is -2.09.